The third-order valence-electron chi connectivity index (χ3n) is 9.77. The lowest BCUT2D eigenvalue weighted by Gasteiger charge is -2.26. The van der Waals surface area contributed by atoms with E-state index in [4.69, 9.17) is 71.0 Å². The van der Waals surface area contributed by atoms with E-state index in [1.165, 1.54) is 12.7 Å². The summed E-state index contributed by atoms with van der Waals surface area (Å²) >= 11 is 17.0. The van der Waals surface area contributed by atoms with Crippen molar-refractivity contribution < 1.29 is 18.9 Å². The molecule has 4 aromatic carbocycles. The molecule has 340 valence electrons. The number of hydrogen-bond donors (Lipinski definition) is 3. The maximum atomic E-state index is 6.48. The molecule has 7 aromatic rings. The Kier molecular flexibility index (Phi) is 18.4. The molecule has 0 radical (unpaired) electrons. The average molecular weight is 941 g/mol. The highest BCUT2D eigenvalue weighted by molar-refractivity contribution is 6.37. The fourth-order valence-corrected chi connectivity index (χ4v) is 6.74. The van der Waals surface area contributed by atoms with Crippen LogP contribution < -0.4 is 45.9 Å². The number of halogens is 3. The summed E-state index contributed by atoms with van der Waals surface area (Å²) in [5.74, 6) is 4.85. The van der Waals surface area contributed by atoms with Gasteiger partial charge in [-0.05, 0) is 76.7 Å². The molecule has 65 heavy (non-hydrogen) atoms. The minimum Gasteiger partial charge on any atom is -0.497 e. The summed E-state index contributed by atoms with van der Waals surface area (Å²) in [5, 5.41) is 0.625. The molecule has 0 spiro atoms. The van der Waals surface area contributed by atoms with Crippen molar-refractivity contribution in [1.82, 2.24) is 29.9 Å². The molecule has 0 amide bonds. The molecular formula is C47H52Cl3N11O4. The minimum absolute atomic E-state index is 0.190. The van der Waals surface area contributed by atoms with E-state index in [1.807, 2.05) is 72.8 Å². The number of rotatable bonds is 15. The molecule has 0 aliphatic heterocycles. The van der Waals surface area contributed by atoms with Gasteiger partial charge < -0.3 is 45.9 Å². The van der Waals surface area contributed by atoms with Crippen molar-refractivity contribution in [3.05, 3.63) is 159 Å². The van der Waals surface area contributed by atoms with E-state index in [1.54, 1.807) is 34.8 Å². The van der Waals surface area contributed by atoms with Gasteiger partial charge in [-0.25, -0.2) is 29.9 Å². The van der Waals surface area contributed by atoms with Gasteiger partial charge in [0.25, 0.3) is 0 Å². The van der Waals surface area contributed by atoms with Gasteiger partial charge in [-0.3, -0.25) is 0 Å². The van der Waals surface area contributed by atoms with Gasteiger partial charge in [0.2, 0.25) is 0 Å². The standard InChI is InChI=1S/C23H28N4O2.C20H21ClN4O2.C4H3Cl2N3/c1-16(2)22-21(24)23(26-15-25-22)27(13-17-5-9-19(28-3)10-6-17)14-18-7-11-20(29-4)12-8-18;1-26-16-7-3-14(4-8-16)11-25(20-18(22)19(21)23-13-24-20)12-15-5-9-17(27-2)10-6-15;5-3-2(7)4(6)9-1-8-3/h5-12,15-16H,13-14,24H2,1-4H3;3-10,13H,11-12,22H2,1-2H3;1H,7H2. The van der Waals surface area contributed by atoms with Gasteiger partial charge in [0.05, 0.1) is 39.8 Å². The van der Waals surface area contributed by atoms with Gasteiger partial charge >= 0.3 is 0 Å². The molecule has 0 saturated heterocycles. The van der Waals surface area contributed by atoms with Crippen LogP contribution in [0.15, 0.2) is 116 Å². The molecule has 0 unspecified atom stereocenters. The Morgan fingerprint density at radius 2 is 0.692 bits per heavy atom. The van der Waals surface area contributed by atoms with E-state index >= 15 is 0 Å². The Morgan fingerprint density at radius 1 is 0.415 bits per heavy atom. The maximum Gasteiger partial charge on any atom is 0.157 e. The van der Waals surface area contributed by atoms with Crippen LogP contribution in [0.1, 0.15) is 47.7 Å². The van der Waals surface area contributed by atoms with Crippen LogP contribution in [0.5, 0.6) is 23.0 Å². The van der Waals surface area contributed by atoms with Crippen molar-refractivity contribution in [1.29, 1.82) is 0 Å². The lowest BCUT2D eigenvalue weighted by Crippen LogP contribution is -2.25. The lowest BCUT2D eigenvalue weighted by molar-refractivity contribution is 0.414. The number of nitrogen functional groups attached to an aromatic ring is 3. The van der Waals surface area contributed by atoms with Gasteiger partial charge in [0.15, 0.2) is 27.1 Å². The van der Waals surface area contributed by atoms with Gasteiger partial charge in [-0.15, -0.1) is 0 Å². The first-order valence-corrected chi connectivity index (χ1v) is 21.3. The molecule has 0 atom stereocenters. The molecule has 0 fully saturated rings. The normalized spacial score (nSPS) is 10.5. The maximum absolute atomic E-state index is 6.48. The quantitative estimate of drug-likeness (QED) is 0.0820. The van der Waals surface area contributed by atoms with Crippen LogP contribution >= 0.6 is 34.8 Å². The molecule has 18 heteroatoms. The predicted octanol–water partition coefficient (Wildman–Crippen LogP) is 9.71. The van der Waals surface area contributed by atoms with Crippen molar-refractivity contribution in [3.8, 4) is 23.0 Å². The van der Waals surface area contributed by atoms with Gasteiger partial charge in [-0.2, -0.15) is 0 Å². The first kappa shape index (κ1) is 49.2. The lowest BCUT2D eigenvalue weighted by atomic mass is 10.1. The highest BCUT2D eigenvalue weighted by Gasteiger charge is 2.19. The Hall–Kier alpha value is -6.81. The highest BCUT2D eigenvalue weighted by atomic mass is 35.5. The number of nitrogens with two attached hydrogens (primary N) is 3. The van der Waals surface area contributed by atoms with Gasteiger partial charge in [0, 0.05) is 26.2 Å². The summed E-state index contributed by atoms with van der Waals surface area (Å²) in [6.45, 7) is 6.70. The molecule has 0 bridgehead atoms. The molecule has 7 rings (SSSR count). The first-order valence-electron chi connectivity index (χ1n) is 20.1. The molecule has 0 aliphatic carbocycles. The highest BCUT2D eigenvalue weighted by Crippen LogP contribution is 2.31. The molecular weight excluding hydrogens is 889 g/mol. The fourth-order valence-electron chi connectivity index (χ4n) is 6.30. The van der Waals surface area contributed by atoms with E-state index in [0.29, 0.717) is 43.4 Å². The third kappa shape index (κ3) is 14.1. The zero-order valence-electron chi connectivity index (χ0n) is 37.0. The zero-order valence-corrected chi connectivity index (χ0v) is 39.2. The monoisotopic (exact) mass is 939 g/mol. The Morgan fingerprint density at radius 3 is 0.985 bits per heavy atom. The van der Waals surface area contributed by atoms with Crippen LogP contribution in [0.3, 0.4) is 0 Å². The Balaban J connectivity index is 0.000000205. The number of nitrogens with zero attached hydrogens (tertiary/aromatic N) is 8. The predicted molar refractivity (Wildman–Crippen MR) is 260 cm³/mol. The van der Waals surface area contributed by atoms with Crippen LogP contribution in [0, 0.1) is 0 Å². The molecule has 15 nitrogen and oxygen atoms in total. The van der Waals surface area contributed by atoms with Crippen LogP contribution in [0.2, 0.25) is 15.5 Å². The second kappa shape index (κ2) is 24.3. The minimum atomic E-state index is 0.190. The topological polar surface area (TPSA) is 199 Å². The molecule has 6 N–H and O–H groups in total. The van der Waals surface area contributed by atoms with Crippen molar-refractivity contribution in [2.45, 2.75) is 45.9 Å². The summed E-state index contributed by atoms with van der Waals surface area (Å²) in [5.41, 5.74) is 24.5. The summed E-state index contributed by atoms with van der Waals surface area (Å²) < 4.78 is 21.0. The molecule has 0 saturated carbocycles. The van der Waals surface area contributed by atoms with Crippen molar-refractivity contribution >= 4 is 63.5 Å². The van der Waals surface area contributed by atoms with Crippen LogP contribution in [-0.2, 0) is 26.2 Å². The first-order chi connectivity index (χ1) is 31.3. The SMILES string of the molecule is COc1ccc(CN(Cc2ccc(OC)cc2)c2ncnc(C(C)C)c2N)cc1.COc1ccc(CN(Cc2ccc(OC)cc2)c2ncnc(Cl)c2N)cc1.Nc1c(Cl)ncnc1Cl. The third-order valence-corrected chi connectivity index (χ3v) is 10.7. The van der Waals surface area contributed by atoms with E-state index in [-0.39, 0.29) is 27.1 Å². The summed E-state index contributed by atoms with van der Waals surface area (Å²) in [4.78, 5) is 28.6. The van der Waals surface area contributed by atoms with Crippen molar-refractivity contribution in [2.75, 3.05) is 55.4 Å². The largest absolute Gasteiger partial charge is 0.497 e. The summed E-state index contributed by atoms with van der Waals surface area (Å²) in [7, 11) is 6.63. The Bertz CT molecular complexity index is 2440. The van der Waals surface area contributed by atoms with E-state index in [9.17, 15) is 0 Å². The number of ether oxygens (including phenoxy) is 4. The smallest absolute Gasteiger partial charge is 0.157 e. The number of hydrogen-bond acceptors (Lipinski definition) is 15. The van der Waals surface area contributed by atoms with Crippen LogP contribution in [-0.4, -0.2) is 58.3 Å². The van der Waals surface area contributed by atoms with Gasteiger partial charge in [-0.1, -0.05) is 97.2 Å². The Labute approximate surface area is 394 Å². The average Bonchev–Trinajstić information content (AvgIpc) is 3.32. The van der Waals surface area contributed by atoms with E-state index in [0.717, 1.165) is 56.8 Å². The summed E-state index contributed by atoms with van der Waals surface area (Å²) in [6, 6.07) is 31.8. The second-order valence-electron chi connectivity index (χ2n) is 14.5. The molecule has 3 aromatic heterocycles. The van der Waals surface area contributed by atoms with Gasteiger partial charge in [0.1, 0.15) is 53.4 Å². The number of methoxy groups -OCH3 is 4. The molecule has 3 heterocycles. The second-order valence-corrected chi connectivity index (χ2v) is 15.6. The van der Waals surface area contributed by atoms with E-state index in [2.05, 4.69) is 77.8 Å². The van der Waals surface area contributed by atoms with Crippen LogP contribution in [0.4, 0.5) is 28.7 Å². The summed E-state index contributed by atoms with van der Waals surface area (Å²) in [6.07, 6.45) is 4.26. The van der Waals surface area contributed by atoms with Crippen molar-refractivity contribution in [3.63, 3.8) is 0 Å². The number of anilines is 5. The number of aromatic nitrogens is 6. The molecule has 0 aliphatic rings. The zero-order chi connectivity index (χ0) is 46.9. The van der Waals surface area contributed by atoms with E-state index < -0.39 is 0 Å². The van der Waals surface area contributed by atoms with Crippen LogP contribution in [0.25, 0.3) is 0 Å². The van der Waals surface area contributed by atoms with Crippen molar-refractivity contribution in [2.24, 2.45) is 0 Å². The number of benzene rings is 4. The fraction of sp³-hybridized carbons (Fsp3) is 0.234.